The van der Waals surface area contributed by atoms with E-state index in [1.807, 2.05) is 12.4 Å². The molecule has 1 aliphatic rings. The maximum atomic E-state index is 5.58. The standard InChI is InChI=1S/C14H23N3O/c1-4-15-9-12-5-6-16-10-13(12)17-7-8-18-11-14(17,2)3/h5-6,10,15H,4,7-9,11H2,1-3H3. The third-order valence-corrected chi connectivity index (χ3v) is 3.39. The first-order chi connectivity index (χ1) is 8.65. The van der Waals surface area contributed by atoms with Gasteiger partial charge in [0.1, 0.15) is 0 Å². The van der Waals surface area contributed by atoms with Crippen LogP contribution in [0, 0.1) is 0 Å². The zero-order valence-corrected chi connectivity index (χ0v) is 11.6. The highest BCUT2D eigenvalue weighted by Gasteiger charge is 2.31. The molecule has 2 rings (SSSR count). The van der Waals surface area contributed by atoms with Gasteiger partial charge in [0.05, 0.1) is 30.6 Å². The van der Waals surface area contributed by atoms with Crippen LogP contribution >= 0.6 is 0 Å². The van der Waals surface area contributed by atoms with Gasteiger partial charge >= 0.3 is 0 Å². The molecule has 0 aliphatic carbocycles. The van der Waals surface area contributed by atoms with Gasteiger partial charge in [-0.15, -0.1) is 0 Å². The fourth-order valence-electron chi connectivity index (χ4n) is 2.37. The summed E-state index contributed by atoms with van der Waals surface area (Å²) in [6.07, 6.45) is 3.84. The van der Waals surface area contributed by atoms with Gasteiger partial charge in [-0.25, -0.2) is 0 Å². The number of ether oxygens (including phenoxy) is 1. The largest absolute Gasteiger partial charge is 0.377 e. The second-order valence-electron chi connectivity index (χ2n) is 5.30. The van der Waals surface area contributed by atoms with Crippen molar-refractivity contribution in [2.45, 2.75) is 32.9 Å². The number of hydrogen-bond acceptors (Lipinski definition) is 4. The van der Waals surface area contributed by atoms with E-state index in [0.717, 1.165) is 32.8 Å². The summed E-state index contributed by atoms with van der Waals surface area (Å²) >= 11 is 0. The van der Waals surface area contributed by atoms with E-state index in [1.165, 1.54) is 11.3 Å². The molecule has 1 aromatic heterocycles. The number of aromatic nitrogens is 1. The number of rotatable bonds is 4. The van der Waals surface area contributed by atoms with Gasteiger partial charge in [0, 0.05) is 19.3 Å². The molecule has 0 spiro atoms. The lowest BCUT2D eigenvalue weighted by atomic mass is 10.0. The van der Waals surface area contributed by atoms with Crippen LogP contribution in [0.3, 0.4) is 0 Å². The van der Waals surface area contributed by atoms with Gasteiger partial charge in [-0.05, 0) is 32.0 Å². The highest BCUT2D eigenvalue weighted by molar-refractivity contribution is 5.54. The van der Waals surface area contributed by atoms with Crippen LogP contribution in [0.4, 0.5) is 5.69 Å². The number of anilines is 1. The number of hydrogen-bond donors (Lipinski definition) is 1. The first-order valence-corrected chi connectivity index (χ1v) is 6.64. The van der Waals surface area contributed by atoms with E-state index >= 15 is 0 Å². The van der Waals surface area contributed by atoms with E-state index in [0.29, 0.717) is 0 Å². The Kier molecular flexibility index (Phi) is 4.19. The predicted octanol–water partition coefficient (Wildman–Crippen LogP) is 1.81. The van der Waals surface area contributed by atoms with E-state index in [2.05, 4.69) is 42.0 Å². The number of morpholine rings is 1. The Bertz CT molecular complexity index is 392. The fourth-order valence-corrected chi connectivity index (χ4v) is 2.37. The molecule has 1 aromatic rings. The van der Waals surface area contributed by atoms with Gasteiger partial charge in [0.2, 0.25) is 0 Å². The second-order valence-corrected chi connectivity index (χ2v) is 5.30. The average molecular weight is 249 g/mol. The molecule has 2 heterocycles. The Balaban J connectivity index is 2.25. The zero-order valence-electron chi connectivity index (χ0n) is 11.6. The van der Waals surface area contributed by atoms with E-state index < -0.39 is 0 Å². The molecular weight excluding hydrogens is 226 g/mol. The van der Waals surface area contributed by atoms with Crippen LogP contribution in [0.5, 0.6) is 0 Å². The van der Waals surface area contributed by atoms with Crippen molar-refractivity contribution in [3.8, 4) is 0 Å². The summed E-state index contributed by atoms with van der Waals surface area (Å²) in [6.45, 7) is 10.9. The Morgan fingerprint density at radius 2 is 2.33 bits per heavy atom. The molecule has 0 atom stereocenters. The Labute approximate surface area is 109 Å². The third-order valence-electron chi connectivity index (χ3n) is 3.39. The van der Waals surface area contributed by atoms with E-state index in [1.54, 1.807) is 0 Å². The first kappa shape index (κ1) is 13.3. The SMILES string of the molecule is CCNCc1ccncc1N1CCOCC1(C)C. The Morgan fingerprint density at radius 3 is 3.06 bits per heavy atom. The summed E-state index contributed by atoms with van der Waals surface area (Å²) in [5, 5.41) is 3.39. The lowest BCUT2D eigenvalue weighted by Crippen LogP contribution is -2.53. The Hall–Kier alpha value is -1.13. The lowest BCUT2D eigenvalue weighted by molar-refractivity contribution is 0.0642. The van der Waals surface area contributed by atoms with Crippen molar-refractivity contribution in [1.29, 1.82) is 0 Å². The van der Waals surface area contributed by atoms with Crippen molar-refractivity contribution in [2.24, 2.45) is 0 Å². The molecule has 1 aliphatic heterocycles. The van der Waals surface area contributed by atoms with Gasteiger partial charge in [0.15, 0.2) is 0 Å². The molecule has 0 bridgehead atoms. The number of pyridine rings is 1. The number of nitrogens with zero attached hydrogens (tertiary/aromatic N) is 2. The maximum absolute atomic E-state index is 5.58. The van der Waals surface area contributed by atoms with Gasteiger partial charge < -0.3 is 15.0 Å². The van der Waals surface area contributed by atoms with Crippen molar-refractivity contribution in [3.05, 3.63) is 24.0 Å². The van der Waals surface area contributed by atoms with Gasteiger partial charge in [-0.1, -0.05) is 6.92 Å². The van der Waals surface area contributed by atoms with Crippen LogP contribution in [0.25, 0.3) is 0 Å². The molecule has 1 N–H and O–H groups in total. The van der Waals surface area contributed by atoms with Gasteiger partial charge in [-0.2, -0.15) is 0 Å². The zero-order chi connectivity index (χ0) is 13.0. The van der Waals surface area contributed by atoms with E-state index in [-0.39, 0.29) is 5.54 Å². The van der Waals surface area contributed by atoms with Crippen LogP contribution in [0.2, 0.25) is 0 Å². The summed E-state index contributed by atoms with van der Waals surface area (Å²) < 4.78 is 5.58. The highest BCUT2D eigenvalue weighted by Crippen LogP contribution is 2.29. The third kappa shape index (κ3) is 2.82. The molecular formula is C14H23N3O. The van der Waals surface area contributed by atoms with Gasteiger partial charge in [-0.3, -0.25) is 4.98 Å². The summed E-state index contributed by atoms with van der Waals surface area (Å²) in [5.41, 5.74) is 2.57. The van der Waals surface area contributed by atoms with Crippen molar-refractivity contribution < 1.29 is 4.74 Å². The van der Waals surface area contributed by atoms with Gasteiger partial charge in [0.25, 0.3) is 0 Å². The average Bonchev–Trinajstić information content (AvgIpc) is 2.36. The van der Waals surface area contributed by atoms with Crippen LogP contribution in [0.15, 0.2) is 18.5 Å². The highest BCUT2D eigenvalue weighted by atomic mass is 16.5. The minimum atomic E-state index is 0.0300. The van der Waals surface area contributed by atoms with Crippen molar-refractivity contribution in [2.75, 3.05) is 31.2 Å². The predicted molar refractivity (Wildman–Crippen MR) is 73.9 cm³/mol. The van der Waals surface area contributed by atoms with Crippen LogP contribution in [-0.2, 0) is 11.3 Å². The smallest absolute Gasteiger partial charge is 0.0694 e. The monoisotopic (exact) mass is 249 g/mol. The molecule has 0 unspecified atom stereocenters. The van der Waals surface area contributed by atoms with Crippen molar-refractivity contribution >= 4 is 5.69 Å². The topological polar surface area (TPSA) is 37.4 Å². The van der Waals surface area contributed by atoms with Crippen molar-refractivity contribution in [3.63, 3.8) is 0 Å². The molecule has 1 saturated heterocycles. The van der Waals surface area contributed by atoms with E-state index in [9.17, 15) is 0 Å². The molecule has 0 amide bonds. The molecule has 0 radical (unpaired) electrons. The van der Waals surface area contributed by atoms with Crippen LogP contribution < -0.4 is 10.2 Å². The van der Waals surface area contributed by atoms with Crippen molar-refractivity contribution in [1.82, 2.24) is 10.3 Å². The maximum Gasteiger partial charge on any atom is 0.0694 e. The molecule has 18 heavy (non-hydrogen) atoms. The minimum Gasteiger partial charge on any atom is -0.377 e. The molecule has 100 valence electrons. The molecule has 1 fully saturated rings. The quantitative estimate of drug-likeness (QED) is 0.883. The van der Waals surface area contributed by atoms with E-state index in [4.69, 9.17) is 4.74 Å². The fraction of sp³-hybridized carbons (Fsp3) is 0.643. The normalized spacial score (nSPS) is 18.9. The minimum absolute atomic E-state index is 0.0300. The Morgan fingerprint density at radius 1 is 1.50 bits per heavy atom. The molecule has 0 aromatic carbocycles. The summed E-state index contributed by atoms with van der Waals surface area (Å²) in [4.78, 5) is 6.70. The summed E-state index contributed by atoms with van der Waals surface area (Å²) in [7, 11) is 0. The summed E-state index contributed by atoms with van der Waals surface area (Å²) in [5.74, 6) is 0. The first-order valence-electron chi connectivity index (χ1n) is 6.64. The molecule has 4 heteroatoms. The van der Waals surface area contributed by atoms with Crippen LogP contribution in [-0.4, -0.2) is 36.8 Å². The van der Waals surface area contributed by atoms with Crippen LogP contribution in [0.1, 0.15) is 26.3 Å². The molecule has 0 saturated carbocycles. The molecule has 4 nitrogen and oxygen atoms in total. The second kappa shape index (κ2) is 5.67. The lowest BCUT2D eigenvalue weighted by Gasteiger charge is -2.44. The summed E-state index contributed by atoms with van der Waals surface area (Å²) in [6, 6.07) is 2.10. The number of nitrogens with one attached hydrogen (secondary N) is 1.